The number of ether oxygens (including phenoxy) is 1. The maximum absolute atomic E-state index is 13.0. The fourth-order valence-corrected chi connectivity index (χ4v) is 3.20. The van der Waals surface area contributed by atoms with Crippen molar-refractivity contribution in [2.24, 2.45) is 5.73 Å². The molecule has 0 spiro atoms. The zero-order valence-corrected chi connectivity index (χ0v) is 16.1. The van der Waals surface area contributed by atoms with E-state index in [1.54, 1.807) is 6.07 Å². The van der Waals surface area contributed by atoms with Gasteiger partial charge in [-0.2, -0.15) is 0 Å². The fraction of sp³-hybridized carbons (Fsp3) is 0.286. The minimum atomic E-state index is -0.758. The Balaban J connectivity index is 2.34. The second-order valence-electron chi connectivity index (χ2n) is 7.59. The number of hydrogen-bond acceptors (Lipinski definition) is 4. The van der Waals surface area contributed by atoms with Gasteiger partial charge in [-0.25, -0.2) is 0 Å². The Morgan fingerprint density at radius 1 is 1.22 bits per heavy atom. The number of amides is 1. The Hall–Kier alpha value is -3.15. The molecule has 0 aliphatic heterocycles. The number of hydrogen-bond donors (Lipinski definition) is 2. The number of primary amides is 1. The molecule has 2 aromatic heterocycles. The molecular weight excluding hydrogens is 342 g/mol. The van der Waals surface area contributed by atoms with Crippen LogP contribution in [0.5, 0.6) is 5.75 Å². The molecule has 0 unspecified atom stereocenters. The van der Waals surface area contributed by atoms with Crippen molar-refractivity contribution in [1.29, 1.82) is 0 Å². The number of pyridine rings is 2. The van der Waals surface area contributed by atoms with E-state index in [-0.39, 0.29) is 22.2 Å². The first kappa shape index (κ1) is 18.6. The summed E-state index contributed by atoms with van der Waals surface area (Å²) in [5.41, 5.74) is 9.03. The minimum Gasteiger partial charge on any atom is -0.491 e. The molecule has 0 saturated carbocycles. The fourth-order valence-electron chi connectivity index (χ4n) is 3.20. The van der Waals surface area contributed by atoms with Crippen molar-refractivity contribution in [3.63, 3.8) is 0 Å². The van der Waals surface area contributed by atoms with Gasteiger partial charge in [-0.15, -0.1) is 0 Å². The van der Waals surface area contributed by atoms with Gasteiger partial charge in [0.15, 0.2) is 5.75 Å². The third-order valence-corrected chi connectivity index (χ3v) is 4.67. The molecule has 0 aliphatic rings. The lowest BCUT2D eigenvalue weighted by molar-refractivity contribution is 0.0997. The van der Waals surface area contributed by atoms with Crippen LogP contribution in [0.3, 0.4) is 0 Å². The van der Waals surface area contributed by atoms with Crippen molar-refractivity contribution < 1.29 is 9.53 Å². The number of aryl methyl sites for hydroxylation is 1. The number of methoxy groups -OCH3 is 1. The number of H-pyrrole nitrogens is 1. The van der Waals surface area contributed by atoms with Gasteiger partial charge in [0, 0.05) is 11.8 Å². The summed E-state index contributed by atoms with van der Waals surface area (Å²) in [5.74, 6) is -0.628. The Morgan fingerprint density at radius 2 is 1.93 bits per heavy atom. The third-order valence-electron chi connectivity index (χ3n) is 4.67. The normalized spacial score (nSPS) is 11.6. The van der Waals surface area contributed by atoms with E-state index in [9.17, 15) is 9.59 Å². The summed E-state index contributed by atoms with van der Waals surface area (Å²) >= 11 is 0. The van der Waals surface area contributed by atoms with E-state index in [1.165, 1.54) is 18.9 Å². The number of nitrogens with two attached hydrogens (primary N) is 1. The van der Waals surface area contributed by atoms with Gasteiger partial charge in [-0.3, -0.25) is 14.6 Å². The second-order valence-corrected chi connectivity index (χ2v) is 7.59. The van der Waals surface area contributed by atoms with Crippen molar-refractivity contribution in [2.45, 2.75) is 33.1 Å². The molecule has 0 aliphatic carbocycles. The molecular formula is C21H23N3O3. The van der Waals surface area contributed by atoms with Crippen LogP contribution in [-0.2, 0) is 5.41 Å². The number of benzene rings is 1. The van der Waals surface area contributed by atoms with Crippen LogP contribution in [-0.4, -0.2) is 23.0 Å². The number of aromatic nitrogens is 2. The van der Waals surface area contributed by atoms with E-state index in [1.807, 2.05) is 19.1 Å². The highest BCUT2D eigenvalue weighted by atomic mass is 16.5. The number of nitrogens with zero attached hydrogens (tertiary/aromatic N) is 1. The Labute approximate surface area is 157 Å². The van der Waals surface area contributed by atoms with Crippen LogP contribution in [0.2, 0.25) is 0 Å². The third kappa shape index (κ3) is 3.18. The number of fused-ring (bicyclic) bond motifs is 1. The van der Waals surface area contributed by atoms with Crippen LogP contribution >= 0.6 is 0 Å². The van der Waals surface area contributed by atoms with Gasteiger partial charge >= 0.3 is 0 Å². The van der Waals surface area contributed by atoms with Gasteiger partial charge in [0.2, 0.25) is 5.43 Å². The molecule has 140 valence electrons. The highest BCUT2D eigenvalue weighted by Crippen LogP contribution is 2.33. The van der Waals surface area contributed by atoms with Gasteiger partial charge in [-0.1, -0.05) is 39.0 Å². The lowest BCUT2D eigenvalue weighted by Gasteiger charge is -2.21. The molecule has 2 heterocycles. The standard InChI is InChI=1S/C21H23N3O3/c1-11-10-12(21(2,3)4)6-7-13(11)16-19(27-5)18(25)15-14(24-16)8-9-23-17(15)20(22)26/h6-10H,1-5H3,(H2,22,26)(H,24,25). The zero-order chi connectivity index (χ0) is 19.9. The van der Waals surface area contributed by atoms with Crippen molar-refractivity contribution in [3.05, 3.63) is 57.5 Å². The predicted molar refractivity (Wildman–Crippen MR) is 106 cm³/mol. The maximum atomic E-state index is 13.0. The number of aromatic amines is 1. The molecule has 0 bridgehead atoms. The Bertz CT molecular complexity index is 1110. The molecule has 3 aromatic rings. The second kappa shape index (κ2) is 6.54. The van der Waals surface area contributed by atoms with E-state index < -0.39 is 11.3 Å². The van der Waals surface area contributed by atoms with Crippen LogP contribution < -0.4 is 15.9 Å². The first-order valence-electron chi connectivity index (χ1n) is 8.65. The topological polar surface area (TPSA) is 98.1 Å². The van der Waals surface area contributed by atoms with Crippen LogP contribution in [0.25, 0.3) is 22.2 Å². The maximum Gasteiger partial charge on any atom is 0.268 e. The van der Waals surface area contributed by atoms with Crippen LogP contribution in [0.1, 0.15) is 42.4 Å². The number of nitrogens with one attached hydrogen (secondary N) is 1. The monoisotopic (exact) mass is 365 g/mol. The van der Waals surface area contributed by atoms with Crippen molar-refractivity contribution in [3.8, 4) is 17.0 Å². The number of carbonyl (C=O) groups excluding carboxylic acids is 1. The average molecular weight is 365 g/mol. The first-order valence-corrected chi connectivity index (χ1v) is 8.65. The zero-order valence-electron chi connectivity index (χ0n) is 16.1. The summed E-state index contributed by atoms with van der Waals surface area (Å²) in [6.07, 6.45) is 1.45. The van der Waals surface area contributed by atoms with E-state index in [0.717, 1.165) is 11.1 Å². The van der Waals surface area contributed by atoms with Gasteiger partial charge in [-0.05, 0) is 29.5 Å². The SMILES string of the molecule is COc1c(-c2ccc(C(C)(C)C)cc2C)[nH]c2ccnc(C(N)=O)c2c1=O. The van der Waals surface area contributed by atoms with Gasteiger partial charge in [0.25, 0.3) is 5.91 Å². The summed E-state index contributed by atoms with van der Waals surface area (Å²) in [6, 6.07) is 7.78. The largest absolute Gasteiger partial charge is 0.491 e. The van der Waals surface area contributed by atoms with E-state index >= 15 is 0 Å². The van der Waals surface area contributed by atoms with Gasteiger partial charge in [0.1, 0.15) is 5.69 Å². The molecule has 0 fully saturated rings. The summed E-state index contributed by atoms with van der Waals surface area (Å²) in [5, 5.41) is 0.134. The van der Waals surface area contributed by atoms with Crippen LogP contribution in [0.15, 0.2) is 35.3 Å². The molecule has 27 heavy (non-hydrogen) atoms. The number of rotatable bonds is 3. The average Bonchev–Trinajstić information content (AvgIpc) is 2.60. The lowest BCUT2D eigenvalue weighted by Crippen LogP contribution is -2.19. The van der Waals surface area contributed by atoms with E-state index in [4.69, 9.17) is 10.5 Å². The molecule has 1 amide bonds. The molecule has 3 N–H and O–H groups in total. The van der Waals surface area contributed by atoms with E-state index in [2.05, 4.69) is 36.8 Å². The molecule has 6 nitrogen and oxygen atoms in total. The first-order chi connectivity index (χ1) is 12.6. The Morgan fingerprint density at radius 3 is 2.48 bits per heavy atom. The van der Waals surface area contributed by atoms with E-state index in [0.29, 0.717) is 11.2 Å². The van der Waals surface area contributed by atoms with Crippen LogP contribution in [0.4, 0.5) is 0 Å². The summed E-state index contributed by atoms with van der Waals surface area (Å²) in [4.78, 5) is 31.9. The van der Waals surface area contributed by atoms with Crippen molar-refractivity contribution >= 4 is 16.8 Å². The summed E-state index contributed by atoms with van der Waals surface area (Å²) in [6.45, 7) is 8.45. The molecule has 0 radical (unpaired) electrons. The molecule has 0 atom stereocenters. The molecule has 6 heteroatoms. The molecule has 0 saturated heterocycles. The van der Waals surface area contributed by atoms with Gasteiger partial charge < -0.3 is 15.5 Å². The minimum absolute atomic E-state index is 0.0201. The quantitative estimate of drug-likeness (QED) is 0.744. The van der Waals surface area contributed by atoms with Crippen LogP contribution in [0, 0.1) is 6.92 Å². The number of carbonyl (C=O) groups is 1. The lowest BCUT2D eigenvalue weighted by atomic mass is 9.85. The smallest absolute Gasteiger partial charge is 0.268 e. The molecule has 3 rings (SSSR count). The van der Waals surface area contributed by atoms with Crippen molar-refractivity contribution in [1.82, 2.24) is 9.97 Å². The summed E-state index contributed by atoms with van der Waals surface area (Å²) in [7, 11) is 1.43. The van der Waals surface area contributed by atoms with Crippen molar-refractivity contribution in [2.75, 3.05) is 7.11 Å². The van der Waals surface area contributed by atoms with Gasteiger partial charge in [0.05, 0.1) is 23.7 Å². The Kier molecular flexibility index (Phi) is 4.51. The highest BCUT2D eigenvalue weighted by molar-refractivity contribution is 6.04. The molecule has 1 aromatic carbocycles. The predicted octanol–water partition coefficient (Wildman–Crippen LogP) is 3.30. The highest BCUT2D eigenvalue weighted by Gasteiger charge is 2.21. The summed E-state index contributed by atoms with van der Waals surface area (Å²) < 4.78 is 5.40.